The number of aromatic nitrogens is 1. The molecule has 0 radical (unpaired) electrons. The number of nitrogens with zero attached hydrogens (tertiary/aromatic N) is 2. The van der Waals surface area contributed by atoms with E-state index in [1.165, 1.54) is 29.5 Å². The Bertz CT molecular complexity index is 458. The Kier molecular flexibility index (Phi) is 5.91. The van der Waals surface area contributed by atoms with E-state index in [9.17, 15) is 0 Å². The van der Waals surface area contributed by atoms with E-state index in [0.29, 0.717) is 0 Å². The van der Waals surface area contributed by atoms with Gasteiger partial charge in [-0.25, -0.2) is 4.98 Å². The first-order chi connectivity index (χ1) is 8.25. The highest BCUT2D eigenvalue weighted by atomic mass is 127. The Balaban J connectivity index is 0.000000230. The highest BCUT2D eigenvalue weighted by Gasteiger charge is 2.06. The van der Waals surface area contributed by atoms with Gasteiger partial charge in [-0.3, -0.25) is 0 Å². The third kappa shape index (κ3) is 4.18. The molecule has 18 heavy (non-hydrogen) atoms. The molecule has 3 nitrogen and oxygen atoms in total. The summed E-state index contributed by atoms with van der Waals surface area (Å²) in [6, 6.07) is 8.74. The summed E-state index contributed by atoms with van der Waals surface area (Å²) in [5, 5.41) is 0. The van der Waals surface area contributed by atoms with Crippen molar-refractivity contribution in [2.45, 2.75) is 6.42 Å². The van der Waals surface area contributed by atoms with Gasteiger partial charge in [0, 0.05) is 26.2 Å². The molecule has 1 aromatic carbocycles. The third-order valence-electron chi connectivity index (χ3n) is 2.62. The summed E-state index contributed by atoms with van der Waals surface area (Å²) in [4.78, 5) is 5.74. The van der Waals surface area contributed by atoms with Crippen LogP contribution in [0.5, 0.6) is 0 Å². The van der Waals surface area contributed by atoms with E-state index in [2.05, 4.69) is 58.7 Å². The fraction of sp³-hybridized carbons (Fsp3) is 0.214. The number of halogens is 1. The van der Waals surface area contributed by atoms with Gasteiger partial charge in [0.1, 0.15) is 6.26 Å². The van der Waals surface area contributed by atoms with E-state index in [0.717, 1.165) is 6.42 Å². The van der Waals surface area contributed by atoms with Crippen LogP contribution in [0.15, 0.2) is 53.2 Å². The number of hydrogen-bond donors (Lipinski definition) is 0. The maximum absolute atomic E-state index is 4.47. The molecule has 0 unspecified atom stereocenters. The molecule has 0 saturated heterocycles. The van der Waals surface area contributed by atoms with Gasteiger partial charge < -0.3 is 9.32 Å². The Morgan fingerprint density at radius 3 is 2.33 bits per heavy atom. The molecule has 0 atom stereocenters. The van der Waals surface area contributed by atoms with Crippen molar-refractivity contribution in [2.24, 2.45) is 0 Å². The van der Waals surface area contributed by atoms with Crippen LogP contribution in [0, 0.1) is 0 Å². The summed E-state index contributed by atoms with van der Waals surface area (Å²) >= 11 is 0. The quantitative estimate of drug-likeness (QED) is 0.733. The predicted molar refractivity (Wildman–Crippen MR) is 83.7 cm³/mol. The zero-order valence-corrected chi connectivity index (χ0v) is 12.9. The predicted octanol–water partition coefficient (Wildman–Crippen LogP) is 3.44. The van der Waals surface area contributed by atoms with Crippen LogP contribution in [0.3, 0.4) is 0 Å². The maximum Gasteiger partial charge on any atom is 0.180 e. The lowest BCUT2D eigenvalue weighted by molar-refractivity contribution is 0.504. The summed E-state index contributed by atoms with van der Waals surface area (Å²) in [6.45, 7) is 0. The standard InChI is InChI=1S/C11H13N.C3H3NO.HI/c1-12(2)11-7-9-3-4-10(8-11)6-5-9;1-2-5-3-4-1;/h3-7H,8H2,1-2H3;1-3H;1H. The zero-order valence-electron chi connectivity index (χ0n) is 10.5. The van der Waals surface area contributed by atoms with Crippen molar-refractivity contribution in [1.29, 1.82) is 0 Å². The summed E-state index contributed by atoms with van der Waals surface area (Å²) in [5.74, 6) is 0. The molecule has 0 N–H and O–H groups in total. The molecular weight excluding hydrogens is 339 g/mol. The minimum absolute atomic E-state index is 0. The van der Waals surface area contributed by atoms with Gasteiger partial charge >= 0.3 is 0 Å². The van der Waals surface area contributed by atoms with Gasteiger partial charge in [-0.15, -0.1) is 24.0 Å². The first kappa shape index (κ1) is 14.8. The van der Waals surface area contributed by atoms with Crippen molar-refractivity contribution in [3.8, 4) is 0 Å². The SMILES string of the molecule is CN(C)C1=Cc2ccc(cc2)C1.I.c1cocn1. The van der Waals surface area contributed by atoms with Crippen LogP contribution in [0.2, 0.25) is 0 Å². The van der Waals surface area contributed by atoms with E-state index in [1.54, 1.807) is 6.20 Å². The van der Waals surface area contributed by atoms with Crippen molar-refractivity contribution in [1.82, 2.24) is 9.88 Å². The van der Waals surface area contributed by atoms with E-state index >= 15 is 0 Å². The lowest BCUT2D eigenvalue weighted by Crippen LogP contribution is -2.12. The highest BCUT2D eigenvalue weighted by molar-refractivity contribution is 14.0. The van der Waals surface area contributed by atoms with Crippen LogP contribution in [0.1, 0.15) is 11.1 Å². The molecule has 2 aliphatic carbocycles. The number of rotatable bonds is 1. The van der Waals surface area contributed by atoms with Gasteiger partial charge in [0.25, 0.3) is 0 Å². The third-order valence-corrected chi connectivity index (χ3v) is 2.62. The zero-order chi connectivity index (χ0) is 12.1. The number of oxazole rings is 1. The Hall–Kier alpha value is -1.30. The molecule has 0 aliphatic heterocycles. The second kappa shape index (κ2) is 7.20. The summed E-state index contributed by atoms with van der Waals surface area (Å²) in [6.07, 6.45) is 7.77. The van der Waals surface area contributed by atoms with Crippen molar-refractivity contribution >= 4 is 30.1 Å². The van der Waals surface area contributed by atoms with Gasteiger partial charge in [0.05, 0.1) is 6.20 Å². The Morgan fingerprint density at radius 1 is 1.17 bits per heavy atom. The average Bonchev–Trinajstić information content (AvgIpc) is 2.76. The second-order valence-corrected chi connectivity index (χ2v) is 4.12. The maximum atomic E-state index is 4.47. The van der Waals surface area contributed by atoms with Crippen LogP contribution in [0.4, 0.5) is 0 Å². The van der Waals surface area contributed by atoms with E-state index in [4.69, 9.17) is 0 Å². The topological polar surface area (TPSA) is 29.3 Å². The Morgan fingerprint density at radius 2 is 1.89 bits per heavy atom. The number of hydrogen-bond acceptors (Lipinski definition) is 3. The number of allylic oxidation sites excluding steroid dienone is 1. The summed E-state index contributed by atoms with van der Waals surface area (Å²) in [5.41, 5.74) is 4.09. The molecular formula is C14H17IN2O. The fourth-order valence-electron chi connectivity index (χ4n) is 1.65. The van der Waals surface area contributed by atoms with E-state index in [-0.39, 0.29) is 24.0 Å². The molecule has 96 valence electrons. The first-order valence-corrected chi connectivity index (χ1v) is 5.54. The fourth-order valence-corrected chi connectivity index (χ4v) is 1.65. The second-order valence-electron chi connectivity index (χ2n) is 4.12. The van der Waals surface area contributed by atoms with Crippen LogP contribution < -0.4 is 0 Å². The molecule has 2 aliphatic rings. The van der Waals surface area contributed by atoms with Gasteiger partial charge in [-0.1, -0.05) is 24.3 Å². The number of fused-ring (bicyclic) bond motifs is 3. The molecule has 0 spiro atoms. The first-order valence-electron chi connectivity index (χ1n) is 5.54. The monoisotopic (exact) mass is 356 g/mol. The normalized spacial score (nSPS) is 11.6. The molecule has 0 amide bonds. The van der Waals surface area contributed by atoms with Crippen LogP contribution in [-0.4, -0.2) is 24.0 Å². The lowest BCUT2D eigenvalue weighted by Gasteiger charge is -2.15. The van der Waals surface area contributed by atoms with Crippen LogP contribution in [-0.2, 0) is 6.42 Å². The minimum Gasteiger partial charge on any atom is -0.452 e. The molecule has 2 aromatic rings. The largest absolute Gasteiger partial charge is 0.452 e. The van der Waals surface area contributed by atoms with Crippen molar-refractivity contribution < 1.29 is 4.42 Å². The highest BCUT2D eigenvalue weighted by Crippen LogP contribution is 2.19. The van der Waals surface area contributed by atoms with Gasteiger partial charge in [0.15, 0.2) is 6.39 Å². The Labute approximate surface area is 125 Å². The molecule has 1 aromatic heterocycles. The summed E-state index contributed by atoms with van der Waals surface area (Å²) < 4.78 is 4.47. The van der Waals surface area contributed by atoms with Crippen molar-refractivity contribution in [3.63, 3.8) is 0 Å². The smallest absolute Gasteiger partial charge is 0.180 e. The van der Waals surface area contributed by atoms with Crippen LogP contribution in [0.25, 0.3) is 6.08 Å². The molecule has 0 fully saturated rings. The van der Waals surface area contributed by atoms with Gasteiger partial charge in [0.2, 0.25) is 0 Å². The number of benzene rings is 1. The lowest BCUT2D eigenvalue weighted by atomic mass is 10.1. The van der Waals surface area contributed by atoms with Gasteiger partial charge in [-0.2, -0.15) is 0 Å². The van der Waals surface area contributed by atoms with E-state index < -0.39 is 0 Å². The van der Waals surface area contributed by atoms with Crippen molar-refractivity contribution in [2.75, 3.05) is 14.1 Å². The summed E-state index contributed by atoms with van der Waals surface area (Å²) in [7, 11) is 4.19. The molecule has 0 saturated carbocycles. The van der Waals surface area contributed by atoms with Gasteiger partial charge in [-0.05, 0) is 17.2 Å². The van der Waals surface area contributed by atoms with E-state index in [1.807, 2.05) is 0 Å². The molecule has 4 heteroatoms. The van der Waals surface area contributed by atoms with Crippen molar-refractivity contribution in [3.05, 3.63) is 59.9 Å². The minimum atomic E-state index is 0. The molecule has 1 heterocycles. The average molecular weight is 356 g/mol. The van der Waals surface area contributed by atoms with Crippen LogP contribution >= 0.6 is 24.0 Å². The number of likely N-dealkylation sites (N-methyl/N-ethyl adjacent to an activating group) is 1. The molecule has 4 rings (SSSR count). The molecule has 2 bridgehead atoms.